The zero-order chi connectivity index (χ0) is 19.1. The van der Waals surface area contributed by atoms with Crippen molar-refractivity contribution in [2.24, 2.45) is 5.92 Å². The van der Waals surface area contributed by atoms with Gasteiger partial charge in [0, 0.05) is 36.2 Å². The van der Waals surface area contributed by atoms with E-state index < -0.39 is 0 Å². The summed E-state index contributed by atoms with van der Waals surface area (Å²) in [6.07, 6.45) is 13.9. The molecule has 2 saturated heterocycles. The second kappa shape index (κ2) is 10.3. The number of fused-ring (bicyclic) bond motifs is 1. The van der Waals surface area contributed by atoms with Crippen LogP contribution in [0, 0.1) is 5.92 Å². The smallest absolute Gasteiger partial charge is 0.315 e. The van der Waals surface area contributed by atoms with Gasteiger partial charge >= 0.3 is 6.03 Å². The lowest BCUT2D eigenvalue weighted by Crippen LogP contribution is -2.36. The molecule has 3 atom stereocenters. The first kappa shape index (κ1) is 20.4. The molecule has 2 fully saturated rings. The predicted molar refractivity (Wildman–Crippen MR) is 109 cm³/mol. The van der Waals surface area contributed by atoms with Crippen molar-refractivity contribution >= 4 is 29.4 Å². The van der Waals surface area contributed by atoms with E-state index in [0.717, 1.165) is 57.1 Å². The van der Waals surface area contributed by atoms with Crippen LogP contribution in [0.2, 0.25) is 0 Å². The highest BCUT2D eigenvalue weighted by molar-refractivity contribution is 8.00. The molecule has 3 aliphatic rings. The van der Waals surface area contributed by atoms with Crippen molar-refractivity contribution in [3.63, 3.8) is 0 Å². The Balaban J connectivity index is 1.16. The lowest BCUT2D eigenvalue weighted by Gasteiger charge is -2.16. The van der Waals surface area contributed by atoms with Gasteiger partial charge in [0.05, 0.1) is 12.1 Å². The average molecular weight is 393 g/mol. The highest BCUT2D eigenvalue weighted by atomic mass is 32.2. The predicted octanol–water partition coefficient (Wildman–Crippen LogP) is 3.77. The quantitative estimate of drug-likeness (QED) is 0.301. The minimum absolute atomic E-state index is 0.0351. The number of carbonyl (C=O) groups excluding carboxylic acids is 3. The zero-order valence-electron chi connectivity index (χ0n) is 16.1. The van der Waals surface area contributed by atoms with Gasteiger partial charge in [-0.15, -0.1) is 0 Å². The molecule has 1 aliphatic carbocycles. The first-order valence-corrected chi connectivity index (χ1v) is 11.6. The molecule has 2 aliphatic heterocycles. The van der Waals surface area contributed by atoms with Gasteiger partial charge in [0.25, 0.3) is 0 Å². The van der Waals surface area contributed by atoms with Crippen LogP contribution in [0.3, 0.4) is 0 Å². The number of Topliss-reactive ketones (excluding diaryl/α,β-unsaturated/α-hetero) is 2. The van der Waals surface area contributed by atoms with E-state index >= 15 is 0 Å². The number of urea groups is 1. The largest absolute Gasteiger partial charge is 0.332 e. The van der Waals surface area contributed by atoms with Gasteiger partial charge < -0.3 is 10.6 Å². The SMILES string of the molecule is O=C(CCCCCC(=O)C1CC=CC1)CCCC[C@@H]1SC[C@@H]2NC(=O)N[C@@H]21. The Kier molecular flexibility index (Phi) is 7.80. The van der Waals surface area contributed by atoms with Crippen LogP contribution in [-0.2, 0) is 9.59 Å². The van der Waals surface area contributed by atoms with Crippen molar-refractivity contribution in [1.29, 1.82) is 0 Å². The third kappa shape index (κ3) is 6.09. The average Bonchev–Trinajstić information content (AvgIpc) is 3.36. The zero-order valence-corrected chi connectivity index (χ0v) is 16.9. The number of unbranched alkanes of at least 4 members (excludes halogenated alkanes) is 3. The summed E-state index contributed by atoms with van der Waals surface area (Å²) < 4.78 is 0. The van der Waals surface area contributed by atoms with Gasteiger partial charge in [-0.1, -0.05) is 25.0 Å². The molecule has 0 spiro atoms. The molecular weight excluding hydrogens is 360 g/mol. The molecule has 27 heavy (non-hydrogen) atoms. The Labute approximate surface area is 166 Å². The fourth-order valence-corrected chi connectivity index (χ4v) is 5.86. The summed E-state index contributed by atoms with van der Waals surface area (Å²) in [5.41, 5.74) is 0. The van der Waals surface area contributed by atoms with E-state index in [1.165, 1.54) is 0 Å². The third-order valence-corrected chi connectivity index (χ3v) is 7.48. The molecule has 0 aromatic carbocycles. The molecule has 150 valence electrons. The Morgan fingerprint density at radius 3 is 2.44 bits per heavy atom. The van der Waals surface area contributed by atoms with Crippen LogP contribution in [0.25, 0.3) is 0 Å². The number of hydrogen-bond acceptors (Lipinski definition) is 4. The molecule has 0 bridgehead atoms. The summed E-state index contributed by atoms with van der Waals surface area (Å²) in [6.45, 7) is 0. The Bertz CT molecular complexity index is 570. The number of amides is 2. The number of ketones is 2. The van der Waals surface area contributed by atoms with Crippen LogP contribution in [0.15, 0.2) is 12.2 Å². The van der Waals surface area contributed by atoms with Gasteiger partial charge in [0.15, 0.2) is 0 Å². The maximum absolute atomic E-state index is 12.0. The Hall–Kier alpha value is -1.30. The molecule has 3 rings (SSSR count). The number of carbonyl (C=O) groups is 3. The summed E-state index contributed by atoms with van der Waals surface area (Å²) in [7, 11) is 0. The lowest BCUT2D eigenvalue weighted by atomic mass is 9.96. The van der Waals surface area contributed by atoms with Crippen LogP contribution in [0.4, 0.5) is 4.79 Å². The highest BCUT2D eigenvalue weighted by Gasteiger charge is 2.42. The van der Waals surface area contributed by atoms with Crippen molar-refractivity contribution in [2.45, 2.75) is 88.0 Å². The first-order valence-electron chi connectivity index (χ1n) is 10.5. The second-order valence-corrected chi connectivity index (χ2v) is 9.35. The molecule has 0 aromatic rings. The van der Waals surface area contributed by atoms with Gasteiger partial charge in [-0.05, 0) is 38.5 Å². The van der Waals surface area contributed by atoms with E-state index in [1.54, 1.807) is 0 Å². The Morgan fingerprint density at radius 1 is 0.963 bits per heavy atom. The van der Waals surface area contributed by atoms with Gasteiger partial charge in [0.2, 0.25) is 0 Å². The monoisotopic (exact) mass is 392 g/mol. The summed E-state index contributed by atoms with van der Waals surface area (Å²) in [6, 6.07) is 0.513. The van der Waals surface area contributed by atoms with Crippen LogP contribution >= 0.6 is 11.8 Å². The van der Waals surface area contributed by atoms with Crippen molar-refractivity contribution in [1.82, 2.24) is 10.6 Å². The van der Waals surface area contributed by atoms with Crippen molar-refractivity contribution in [2.75, 3.05) is 5.75 Å². The molecule has 0 radical (unpaired) electrons. The fraction of sp³-hybridized carbons (Fsp3) is 0.762. The van der Waals surface area contributed by atoms with Crippen molar-refractivity contribution in [3.05, 3.63) is 12.2 Å². The van der Waals surface area contributed by atoms with E-state index in [1.807, 2.05) is 11.8 Å². The standard InChI is InChI=1S/C21H32N2O3S/c24-16(10-2-1-3-12-18(25)15-8-4-5-9-15)11-6-7-13-19-20-17(14-27-19)22-21(26)23-20/h4-5,15,17,19-20H,1-3,6-14H2,(H2,22,23,26)/t17-,19-,20-/m0/s1. The van der Waals surface area contributed by atoms with Gasteiger partial charge in [-0.3, -0.25) is 9.59 Å². The van der Waals surface area contributed by atoms with E-state index in [9.17, 15) is 14.4 Å². The second-order valence-electron chi connectivity index (χ2n) is 8.07. The Morgan fingerprint density at radius 2 is 1.67 bits per heavy atom. The van der Waals surface area contributed by atoms with Crippen LogP contribution < -0.4 is 10.6 Å². The van der Waals surface area contributed by atoms with Gasteiger partial charge in [0.1, 0.15) is 11.6 Å². The minimum Gasteiger partial charge on any atom is -0.332 e. The highest BCUT2D eigenvalue weighted by Crippen LogP contribution is 2.33. The lowest BCUT2D eigenvalue weighted by molar-refractivity contribution is -0.122. The number of rotatable bonds is 12. The molecule has 2 heterocycles. The van der Waals surface area contributed by atoms with E-state index in [2.05, 4.69) is 22.8 Å². The molecule has 0 unspecified atom stereocenters. The fourth-order valence-electron chi connectivity index (χ4n) is 4.32. The third-order valence-electron chi connectivity index (χ3n) is 5.97. The molecule has 0 saturated carbocycles. The molecule has 2 amide bonds. The molecule has 0 aromatic heterocycles. The summed E-state index contributed by atoms with van der Waals surface area (Å²) in [4.78, 5) is 35.4. The summed E-state index contributed by atoms with van der Waals surface area (Å²) in [5, 5.41) is 6.46. The molecule has 2 N–H and O–H groups in total. The minimum atomic E-state index is -0.0351. The van der Waals surface area contributed by atoms with Gasteiger partial charge in [-0.2, -0.15) is 11.8 Å². The van der Waals surface area contributed by atoms with Crippen molar-refractivity contribution < 1.29 is 14.4 Å². The van der Waals surface area contributed by atoms with Crippen molar-refractivity contribution in [3.8, 4) is 0 Å². The van der Waals surface area contributed by atoms with Crippen LogP contribution in [-0.4, -0.2) is 40.7 Å². The molecule has 6 heteroatoms. The topological polar surface area (TPSA) is 75.3 Å². The maximum atomic E-state index is 12.0. The maximum Gasteiger partial charge on any atom is 0.315 e. The number of hydrogen-bond donors (Lipinski definition) is 2. The van der Waals surface area contributed by atoms with Crippen LogP contribution in [0.1, 0.15) is 70.6 Å². The van der Waals surface area contributed by atoms with E-state index in [4.69, 9.17) is 0 Å². The molecular formula is C21H32N2O3S. The van der Waals surface area contributed by atoms with Gasteiger partial charge in [-0.25, -0.2) is 4.79 Å². The normalized spacial score (nSPS) is 26.8. The number of nitrogens with one attached hydrogen (secondary N) is 2. The number of allylic oxidation sites excluding steroid dienone is 2. The number of thioether (sulfide) groups is 1. The van der Waals surface area contributed by atoms with E-state index in [-0.39, 0.29) is 24.0 Å². The summed E-state index contributed by atoms with van der Waals surface area (Å²) >= 11 is 1.93. The summed E-state index contributed by atoms with van der Waals surface area (Å²) in [5.74, 6) is 1.97. The first-order chi connectivity index (χ1) is 13.1. The molecule has 5 nitrogen and oxygen atoms in total. The van der Waals surface area contributed by atoms with E-state index in [0.29, 0.717) is 36.1 Å². The van der Waals surface area contributed by atoms with Crippen LogP contribution in [0.5, 0.6) is 0 Å².